The Morgan fingerprint density at radius 3 is 2.68 bits per heavy atom. The zero-order chi connectivity index (χ0) is 13.4. The van der Waals surface area contributed by atoms with E-state index in [1.54, 1.807) is 6.92 Å². The molecule has 2 N–H and O–H groups in total. The number of nitrogens with two attached hydrogens (primary N) is 1. The van der Waals surface area contributed by atoms with Gasteiger partial charge in [0.2, 0.25) is 5.82 Å². The van der Waals surface area contributed by atoms with Gasteiger partial charge in [0.05, 0.1) is 21.5 Å². The summed E-state index contributed by atoms with van der Waals surface area (Å²) in [7, 11) is 0. The van der Waals surface area contributed by atoms with Crippen molar-refractivity contribution >= 4 is 27.4 Å². The Hall–Kier alpha value is -2.52. The van der Waals surface area contributed by atoms with Crippen LogP contribution >= 0.6 is 11.3 Å². The molecule has 0 aliphatic rings. The molecule has 0 aliphatic carbocycles. The average molecular weight is 267 g/mol. The lowest BCUT2D eigenvalue weighted by Gasteiger charge is -2.04. The summed E-state index contributed by atoms with van der Waals surface area (Å²) in [6.07, 6.45) is 0. The highest BCUT2D eigenvalue weighted by Crippen LogP contribution is 2.34. The molecule has 19 heavy (non-hydrogen) atoms. The van der Waals surface area contributed by atoms with Gasteiger partial charge in [-0.1, -0.05) is 12.1 Å². The maximum Gasteiger partial charge on any atom is 0.234 e. The van der Waals surface area contributed by atoms with Crippen LogP contribution in [0, 0.1) is 18.3 Å². The summed E-state index contributed by atoms with van der Waals surface area (Å²) in [6.45, 7) is 1.81. The van der Waals surface area contributed by atoms with Crippen LogP contribution < -0.4 is 5.73 Å². The predicted molar refractivity (Wildman–Crippen MR) is 74.5 cm³/mol. The zero-order valence-electron chi connectivity index (χ0n) is 10.1. The fourth-order valence-corrected chi connectivity index (χ4v) is 2.96. The third-order valence-corrected chi connectivity index (χ3v) is 3.78. The zero-order valence-corrected chi connectivity index (χ0v) is 10.9. The van der Waals surface area contributed by atoms with Gasteiger partial charge in [-0.2, -0.15) is 5.26 Å². The number of para-hydroxylation sites is 1. The Balaban J connectivity index is 2.24. The average Bonchev–Trinajstić information content (AvgIpc) is 2.80. The van der Waals surface area contributed by atoms with Gasteiger partial charge >= 0.3 is 0 Å². The van der Waals surface area contributed by atoms with Gasteiger partial charge in [0.1, 0.15) is 16.9 Å². The molecule has 5 nitrogen and oxygen atoms in total. The van der Waals surface area contributed by atoms with Crippen molar-refractivity contribution in [2.75, 3.05) is 5.73 Å². The van der Waals surface area contributed by atoms with Gasteiger partial charge in [-0.05, 0) is 19.1 Å². The molecule has 3 aromatic rings. The van der Waals surface area contributed by atoms with Gasteiger partial charge in [0.15, 0.2) is 0 Å². The number of aryl methyl sites for hydroxylation is 1. The van der Waals surface area contributed by atoms with Crippen LogP contribution in [-0.4, -0.2) is 15.0 Å². The van der Waals surface area contributed by atoms with Crippen LogP contribution in [0.2, 0.25) is 0 Å². The first-order valence-corrected chi connectivity index (χ1v) is 6.41. The lowest BCUT2D eigenvalue weighted by Crippen LogP contribution is -2.02. The second-order valence-corrected chi connectivity index (χ2v) is 5.02. The molecule has 0 aliphatic heterocycles. The standard InChI is InChI=1S/C13H9N5S/c1-7-11(12(15)18-10(6-14)16-7)13-17-8-4-2-3-5-9(8)19-13/h2-5H,1H3,(H2,15,16,18). The third-order valence-electron chi connectivity index (χ3n) is 2.73. The van der Waals surface area contributed by atoms with Crippen molar-refractivity contribution in [3.05, 3.63) is 35.8 Å². The van der Waals surface area contributed by atoms with E-state index >= 15 is 0 Å². The van der Waals surface area contributed by atoms with E-state index in [4.69, 9.17) is 11.0 Å². The van der Waals surface area contributed by atoms with Crippen LogP contribution in [0.5, 0.6) is 0 Å². The number of aromatic nitrogens is 3. The highest BCUT2D eigenvalue weighted by molar-refractivity contribution is 7.21. The summed E-state index contributed by atoms with van der Waals surface area (Å²) in [4.78, 5) is 12.6. The van der Waals surface area contributed by atoms with Crippen LogP contribution in [0.15, 0.2) is 24.3 Å². The van der Waals surface area contributed by atoms with Gasteiger partial charge in [0, 0.05) is 0 Å². The monoisotopic (exact) mass is 267 g/mol. The van der Waals surface area contributed by atoms with Crippen molar-refractivity contribution in [1.82, 2.24) is 15.0 Å². The molecule has 0 atom stereocenters. The molecule has 0 bridgehead atoms. The minimum absolute atomic E-state index is 0.0832. The topological polar surface area (TPSA) is 88.5 Å². The minimum Gasteiger partial charge on any atom is -0.383 e. The fraction of sp³-hybridized carbons (Fsp3) is 0.0769. The Bertz CT molecular complexity index is 759. The number of thiazole rings is 1. The SMILES string of the molecule is Cc1nc(C#N)nc(N)c1-c1nc2ccccc2s1. The van der Waals surface area contributed by atoms with E-state index in [9.17, 15) is 0 Å². The molecule has 0 fully saturated rings. The molecule has 6 heteroatoms. The second-order valence-electron chi connectivity index (χ2n) is 3.99. The van der Waals surface area contributed by atoms with E-state index in [1.807, 2.05) is 30.3 Å². The highest BCUT2D eigenvalue weighted by Gasteiger charge is 2.15. The van der Waals surface area contributed by atoms with Crippen molar-refractivity contribution in [3.63, 3.8) is 0 Å². The Labute approximate surface area is 113 Å². The lowest BCUT2D eigenvalue weighted by atomic mass is 10.2. The molecule has 0 spiro atoms. The number of fused-ring (bicyclic) bond motifs is 1. The molecule has 3 rings (SSSR count). The minimum atomic E-state index is 0.0832. The van der Waals surface area contributed by atoms with E-state index in [-0.39, 0.29) is 5.82 Å². The van der Waals surface area contributed by atoms with E-state index in [2.05, 4.69) is 15.0 Å². The number of nitriles is 1. The first-order chi connectivity index (χ1) is 9.19. The number of nitrogens with zero attached hydrogens (tertiary/aromatic N) is 4. The molecule has 2 aromatic heterocycles. The Morgan fingerprint density at radius 1 is 1.21 bits per heavy atom. The van der Waals surface area contributed by atoms with Crippen molar-refractivity contribution in [1.29, 1.82) is 5.26 Å². The number of hydrogen-bond donors (Lipinski definition) is 1. The summed E-state index contributed by atoms with van der Waals surface area (Å²) < 4.78 is 1.08. The summed E-state index contributed by atoms with van der Waals surface area (Å²) in [6, 6.07) is 9.76. The summed E-state index contributed by atoms with van der Waals surface area (Å²) in [5, 5.41) is 9.60. The van der Waals surface area contributed by atoms with Crippen LogP contribution in [0.1, 0.15) is 11.5 Å². The van der Waals surface area contributed by atoms with Crippen LogP contribution in [0.4, 0.5) is 5.82 Å². The quantitative estimate of drug-likeness (QED) is 0.731. The number of anilines is 1. The van der Waals surface area contributed by atoms with Crippen LogP contribution in [0.3, 0.4) is 0 Å². The number of benzene rings is 1. The van der Waals surface area contributed by atoms with Crippen molar-refractivity contribution < 1.29 is 0 Å². The smallest absolute Gasteiger partial charge is 0.234 e. The summed E-state index contributed by atoms with van der Waals surface area (Å²) in [5.41, 5.74) is 8.22. The normalized spacial score (nSPS) is 10.5. The van der Waals surface area contributed by atoms with Crippen molar-refractivity contribution in [2.24, 2.45) is 0 Å². The molecule has 0 unspecified atom stereocenters. The Morgan fingerprint density at radius 2 is 2.00 bits per heavy atom. The predicted octanol–water partition coefficient (Wildman–Crippen LogP) is 2.52. The largest absolute Gasteiger partial charge is 0.383 e. The van der Waals surface area contributed by atoms with Crippen LogP contribution in [-0.2, 0) is 0 Å². The van der Waals surface area contributed by atoms with Gasteiger partial charge in [-0.15, -0.1) is 11.3 Å². The third kappa shape index (κ3) is 1.90. The molecule has 1 aromatic carbocycles. The van der Waals surface area contributed by atoms with E-state index in [1.165, 1.54) is 11.3 Å². The number of nitrogen functional groups attached to an aromatic ring is 1. The second kappa shape index (κ2) is 4.30. The van der Waals surface area contributed by atoms with Gasteiger partial charge < -0.3 is 5.73 Å². The molecule has 2 heterocycles. The first-order valence-electron chi connectivity index (χ1n) is 5.59. The molecule has 92 valence electrons. The van der Waals surface area contributed by atoms with E-state index in [0.717, 1.165) is 15.2 Å². The molecule has 0 amide bonds. The molecule has 0 saturated heterocycles. The van der Waals surface area contributed by atoms with Crippen LogP contribution in [0.25, 0.3) is 20.8 Å². The first kappa shape index (κ1) is 11.6. The van der Waals surface area contributed by atoms with Gasteiger partial charge in [-0.3, -0.25) is 0 Å². The highest BCUT2D eigenvalue weighted by atomic mass is 32.1. The molecular weight excluding hydrogens is 258 g/mol. The maximum absolute atomic E-state index is 8.82. The van der Waals surface area contributed by atoms with Crippen molar-refractivity contribution in [2.45, 2.75) is 6.92 Å². The van der Waals surface area contributed by atoms with Gasteiger partial charge in [0.25, 0.3) is 0 Å². The van der Waals surface area contributed by atoms with E-state index < -0.39 is 0 Å². The summed E-state index contributed by atoms with van der Waals surface area (Å²) >= 11 is 1.54. The van der Waals surface area contributed by atoms with E-state index in [0.29, 0.717) is 17.1 Å². The summed E-state index contributed by atoms with van der Waals surface area (Å²) in [5.74, 6) is 0.378. The fourth-order valence-electron chi connectivity index (χ4n) is 1.89. The molecule has 0 radical (unpaired) electrons. The maximum atomic E-state index is 8.82. The molecular formula is C13H9N5S. The Kier molecular flexibility index (Phi) is 2.62. The molecule has 0 saturated carbocycles. The lowest BCUT2D eigenvalue weighted by molar-refractivity contribution is 1.07. The van der Waals surface area contributed by atoms with Gasteiger partial charge in [-0.25, -0.2) is 15.0 Å². The van der Waals surface area contributed by atoms with Crippen molar-refractivity contribution in [3.8, 4) is 16.6 Å². The number of hydrogen-bond acceptors (Lipinski definition) is 6. The number of rotatable bonds is 1.